The van der Waals surface area contributed by atoms with Gasteiger partial charge in [0.2, 0.25) is 15.9 Å². The maximum absolute atomic E-state index is 12.1. The number of rotatable bonds is 6. The van der Waals surface area contributed by atoms with Crippen LogP contribution in [-0.2, 0) is 20.6 Å². The van der Waals surface area contributed by atoms with Crippen molar-refractivity contribution < 1.29 is 23.1 Å². The van der Waals surface area contributed by atoms with Gasteiger partial charge in [-0.1, -0.05) is 12.1 Å². The molecule has 0 aliphatic heterocycles. The maximum Gasteiger partial charge on any atom is 0.357 e. The van der Waals surface area contributed by atoms with Gasteiger partial charge in [0.15, 0.2) is 5.69 Å². The molecule has 0 radical (unpaired) electrons. The minimum atomic E-state index is -3.78. The first-order valence-corrected chi connectivity index (χ1v) is 8.84. The van der Waals surface area contributed by atoms with Crippen molar-refractivity contribution in [2.75, 3.05) is 10.0 Å². The fraction of sp³-hybridized carbons (Fsp3) is 0.154. The SMILES string of the molecule is CC(=O)Nc1ccc(CS(=O)(=O)Nc2scnc2C(=O)O)cc1. The van der Waals surface area contributed by atoms with E-state index in [-0.39, 0.29) is 22.4 Å². The van der Waals surface area contributed by atoms with Crippen molar-refractivity contribution in [3.63, 3.8) is 0 Å². The summed E-state index contributed by atoms with van der Waals surface area (Å²) in [5, 5.41) is 11.5. The van der Waals surface area contributed by atoms with E-state index in [0.717, 1.165) is 11.3 Å². The highest BCUT2D eigenvalue weighted by Gasteiger charge is 2.19. The van der Waals surface area contributed by atoms with E-state index in [0.29, 0.717) is 11.3 Å². The lowest BCUT2D eigenvalue weighted by Gasteiger charge is -2.08. The third-order valence-electron chi connectivity index (χ3n) is 2.65. The van der Waals surface area contributed by atoms with Gasteiger partial charge < -0.3 is 10.4 Å². The Balaban J connectivity index is 2.10. The molecule has 8 nitrogen and oxygen atoms in total. The van der Waals surface area contributed by atoms with Gasteiger partial charge >= 0.3 is 5.97 Å². The molecule has 10 heteroatoms. The number of amides is 1. The zero-order valence-corrected chi connectivity index (χ0v) is 13.6. The highest BCUT2D eigenvalue weighted by molar-refractivity contribution is 7.92. The van der Waals surface area contributed by atoms with E-state index >= 15 is 0 Å². The zero-order valence-electron chi connectivity index (χ0n) is 11.9. The quantitative estimate of drug-likeness (QED) is 0.725. The molecule has 1 heterocycles. The van der Waals surface area contributed by atoms with E-state index in [1.54, 1.807) is 24.3 Å². The number of hydrogen-bond acceptors (Lipinski definition) is 6. The number of thiazole rings is 1. The summed E-state index contributed by atoms with van der Waals surface area (Å²) in [6.07, 6.45) is 0. The summed E-state index contributed by atoms with van der Waals surface area (Å²) < 4.78 is 26.4. The number of sulfonamides is 1. The number of nitrogens with one attached hydrogen (secondary N) is 2. The van der Waals surface area contributed by atoms with Crippen molar-refractivity contribution in [3.05, 3.63) is 41.0 Å². The van der Waals surface area contributed by atoms with Crippen LogP contribution in [0.4, 0.5) is 10.7 Å². The Labute approximate surface area is 136 Å². The second-order valence-corrected chi connectivity index (χ2v) is 7.15. The molecule has 1 amide bonds. The second kappa shape index (κ2) is 6.75. The predicted molar refractivity (Wildman–Crippen MR) is 86.1 cm³/mol. The molecule has 0 atom stereocenters. The van der Waals surface area contributed by atoms with Gasteiger partial charge in [0.25, 0.3) is 0 Å². The molecule has 0 aliphatic carbocycles. The molecule has 1 aromatic heterocycles. The Kier molecular flexibility index (Phi) is 4.96. The smallest absolute Gasteiger partial charge is 0.357 e. The number of aromatic nitrogens is 1. The molecule has 1 aromatic carbocycles. The molecule has 0 spiro atoms. The number of nitrogens with zero attached hydrogens (tertiary/aromatic N) is 1. The van der Waals surface area contributed by atoms with Gasteiger partial charge in [0.05, 0.1) is 11.3 Å². The molecule has 2 rings (SSSR count). The van der Waals surface area contributed by atoms with Crippen LogP contribution in [0.2, 0.25) is 0 Å². The lowest BCUT2D eigenvalue weighted by molar-refractivity contribution is -0.114. The molecule has 3 N–H and O–H groups in total. The summed E-state index contributed by atoms with van der Waals surface area (Å²) in [6.45, 7) is 1.37. The summed E-state index contributed by atoms with van der Waals surface area (Å²) in [5.74, 6) is -1.85. The van der Waals surface area contributed by atoms with Crippen LogP contribution in [0, 0.1) is 0 Å². The average Bonchev–Trinajstić information content (AvgIpc) is 2.87. The Morgan fingerprint density at radius 2 is 1.91 bits per heavy atom. The molecule has 0 saturated carbocycles. The number of benzene rings is 1. The van der Waals surface area contributed by atoms with Crippen LogP contribution < -0.4 is 10.0 Å². The lowest BCUT2D eigenvalue weighted by Crippen LogP contribution is -2.16. The van der Waals surface area contributed by atoms with E-state index in [9.17, 15) is 18.0 Å². The predicted octanol–water partition coefficient (Wildman–Crippen LogP) is 1.74. The Bertz CT molecular complexity index is 828. The topological polar surface area (TPSA) is 125 Å². The molecule has 0 fully saturated rings. The third kappa shape index (κ3) is 4.76. The van der Waals surface area contributed by atoms with Crippen molar-refractivity contribution in [3.8, 4) is 0 Å². The first kappa shape index (κ1) is 16.9. The number of carboxylic acids is 1. The van der Waals surface area contributed by atoms with Crippen molar-refractivity contribution in [2.24, 2.45) is 0 Å². The summed E-state index contributed by atoms with van der Waals surface area (Å²) in [6, 6.07) is 6.30. The number of carbonyl (C=O) groups excluding carboxylic acids is 1. The van der Waals surface area contributed by atoms with Gasteiger partial charge in [-0.25, -0.2) is 18.2 Å². The molecule has 0 aliphatic rings. The minimum Gasteiger partial charge on any atom is -0.476 e. The van der Waals surface area contributed by atoms with Crippen molar-refractivity contribution in [1.82, 2.24) is 4.98 Å². The molecule has 122 valence electrons. The summed E-state index contributed by atoms with van der Waals surface area (Å²) in [7, 11) is -3.78. The highest BCUT2D eigenvalue weighted by atomic mass is 32.2. The van der Waals surface area contributed by atoms with Gasteiger partial charge in [-0.3, -0.25) is 9.52 Å². The van der Waals surface area contributed by atoms with Crippen LogP contribution in [0.5, 0.6) is 0 Å². The van der Waals surface area contributed by atoms with Gasteiger partial charge in [-0.05, 0) is 17.7 Å². The number of anilines is 2. The van der Waals surface area contributed by atoms with Gasteiger partial charge in [0.1, 0.15) is 5.00 Å². The molecule has 23 heavy (non-hydrogen) atoms. The Hall–Kier alpha value is -2.46. The van der Waals surface area contributed by atoms with E-state index in [4.69, 9.17) is 5.11 Å². The van der Waals surface area contributed by atoms with Gasteiger partial charge in [-0.15, -0.1) is 11.3 Å². The molecular weight excluding hydrogens is 342 g/mol. The molecule has 0 bridgehead atoms. The summed E-state index contributed by atoms with van der Waals surface area (Å²) >= 11 is 0.895. The van der Waals surface area contributed by atoms with Crippen LogP contribution in [0.1, 0.15) is 23.0 Å². The fourth-order valence-electron chi connectivity index (χ4n) is 1.76. The first-order chi connectivity index (χ1) is 10.8. The Morgan fingerprint density at radius 1 is 1.26 bits per heavy atom. The largest absolute Gasteiger partial charge is 0.476 e. The zero-order chi connectivity index (χ0) is 17.0. The van der Waals surface area contributed by atoms with E-state index in [1.165, 1.54) is 12.4 Å². The third-order valence-corrected chi connectivity index (χ3v) is 4.75. The highest BCUT2D eigenvalue weighted by Crippen LogP contribution is 2.22. The van der Waals surface area contributed by atoms with E-state index in [1.807, 2.05) is 0 Å². The van der Waals surface area contributed by atoms with Crippen molar-refractivity contribution in [2.45, 2.75) is 12.7 Å². The number of aromatic carboxylic acids is 1. The van der Waals surface area contributed by atoms with Crippen LogP contribution in [0.25, 0.3) is 0 Å². The van der Waals surface area contributed by atoms with Crippen molar-refractivity contribution >= 4 is 43.9 Å². The monoisotopic (exact) mass is 355 g/mol. The Morgan fingerprint density at radius 3 is 2.48 bits per heavy atom. The van der Waals surface area contributed by atoms with Crippen LogP contribution in [0.15, 0.2) is 29.8 Å². The lowest BCUT2D eigenvalue weighted by atomic mass is 10.2. The van der Waals surface area contributed by atoms with Gasteiger partial charge in [-0.2, -0.15) is 0 Å². The normalized spacial score (nSPS) is 11.0. The van der Waals surface area contributed by atoms with Crippen molar-refractivity contribution in [1.29, 1.82) is 0 Å². The van der Waals surface area contributed by atoms with Gasteiger partial charge in [0, 0.05) is 12.6 Å². The average molecular weight is 355 g/mol. The standard InChI is InChI=1S/C13H13N3O5S2/c1-8(17)15-10-4-2-9(3-5-10)6-23(20,21)16-12-11(13(18)19)14-7-22-12/h2-5,7,16H,6H2,1H3,(H,15,17)(H,18,19). The number of carbonyl (C=O) groups is 2. The van der Waals surface area contributed by atoms with Crippen LogP contribution in [0.3, 0.4) is 0 Å². The minimum absolute atomic E-state index is 0.0348. The second-order valence-electron chi connectivity index (χ2n) is 4.57. The van der Waals surface area contributed by atoms with Crippen LogP contribution in [-0.4, -0.2) is 30.4 Å². The van der Waals surface area contributed by atoms with Crippen LogP contribution >= 0.6 is 11.3 Å². The molecule has 0 unspecified atom stereocenters. The maximum atomic E-state index is 12.1. The number of hydrogen-bond donors (Lipinski definition) is 3. The summed E-state index contributed by atoms with van der Waals surface area (Å²) in [4.78, 5) is 25.4. The van der Waals surface area contributed by atoms with E-state index in [2.05, 4.69) is 15.0 Å². The summed E-state index contributed by atoms with van der Waals surface area (Å²) in [5.41, 5.74) is 1.97. The molecular formula is C13H13N3O5S2. The fourth-order valence-corrected chi connectivity index (χ4v) is 3.93. The molecule has 0 saturated heterocycles. The first-order valence-electron chi connectivity index (χ1n) is 6.30. The molecule has 2 aromatic rings. The number of carboxylic acid groups (broad SMARTS) is 1. The van der Waals surface area contributed by atoms with E-state index < -0.39 is 16.0 Å².